The Kier molecular flexibility index (Phi) is 3.95. The maximum Gasteiger partial charge on any atom is 0.418 e. The fraction of sp³-hybridized carbons (Fsp3) is 0.125. The summed E-state index contributed by atoms with van der Waals surface area (Å²) >= 11 is 5.93. The third kappa shape index (κ3) is 3.13. The Morgan fingerprint density at radius 3 is 2.61 bits per heavy atom. The second-order valence-corrected chi connectivity index (χ2v) is 5.45. The highest BCUT2D eigenvalue weighted by molar-refractivity contribution is 6.31. The van der Waals surface area contributed by atoms with Crippen LogP contribution >= 0.6 is 11.6 Å². The van der Waals surface area contributed by atoms with E-state index in [-0.39, 0.29) is 5.69 Å². The number of halogens is 4. The van der Waals surface area contributed by atoms with Gasteiger partial charge in [-0.3, -0.25) is 9.97 Å². The van der Waals surface area contributed by atoms with Crippen molar-refractivity contribution in [1.29, 1.82) is 0 Å². The van der Waals surface area contributed by atoms with Crippen molar-refractivity contribution in [1.82, 2.24) is 9.97 Å². The molecular weight excluding hydrogens is 327 g/mol. The second kappa shape index (κ2) is 5.79. The number of alkyl halides is 3. The number of hydrogen-bond acceptors (Lipinski definition) is 3. The Morgan fingerprint density at radius 2 is 1.87 bits per heavy atom. The molecule has 0 aliphatic heterocycles. The zero-order valence-electron chi connectivity index (χ0n) is 11.7. The lowest BCUT2D eigenvalue weighted by atomic mass is 10.00. The van der Waals surface area contributed by atoms with Gasteiger partial charge >= 0.3 is 6.18 Å². The molecule has 2 heterocycles. The smallest absolute Gasteiger partial charge is 0.319 e. The van der Waals surface area contributed by atoms with Crippen LogP contribution in [-0.4, -0.2) is 9.97 Å². The van der Waals surface area contributed by atoms with Crippen molar-refractivity contribution in [2.45, 2.75) is 12.2 Å². The van der Waals surface area contributed by atoms with Crippen LogP contribution in [0.3, 0.4) is 0 Å². The molecule has 3 rings (SSSR count). The van der Waals surface area contributed by atoms with Crippen molar-refractivity contribution in [2.24, 2.45) is 5.73 Å². The predicted molar refractivity (Wildman–Crippen MR) is 82.0 cm³/mol. The Balaban J connectivity index is 2.09. The van der Waals surface area contributed by atoms with Crippen molar-refractivity contribution in [3.05, 3.63) is 70.6 Å². The van der Waals surface area contributed by atoms with Gasteiger partial charge in [-0.15, -0.1) is 0 Å². The molecule has 1 atom stereocenters. The molecule has 3 nitrogen and oxygen atoms in total. The fourth-order valence-electron chi connectivity index (χ4n) is 2.35. The van der Waals surface area contributed by atoms with Gasteiger partial charge in [-0.1, -0.05) is 11.6 Å². The number of aromatic nitrogens is 2. The van der Waals surface area contributed by atoms with Gasteiger partial charge in [0.05, 0.1) is 22.8 Å². The molecule has 1 aromatic carbocycles. The Hall–Kier alpha value is -2.18. The molecule has 0 saturated carbocycles. The minimum absolute atomic E-state index is 0.233. The third-order valence-corrected chi connectivity index (χ3v) is 3.70. The molecule has 0 amide bonds. The summed E-state index contributed by atoms with van der Waals surface area (Å²) in [7, 11) is 0. The second-order valence-electron chi connectivity index (χ2n) is 5.02. The highest BCUT2D eigenvalue weighted by Gasteiger charge is 2.35. The quantitative estimate of drug-likeness (QED) is 0.756. The molecule has 2 N–H and O–H groups in total. The van der Waals surface area contributed by atoms with Crippen LogP contribution < -0.4 is 5.73 Å². The average molecular weight is 338 g/mol. The summed E-state index contributed by atoms with van der Waals surface area (Å²) in [6, 6.07) is 7.94. The van der Waals surface area contributed by atoms with Gasteiger partial charge in [0.2, 0.25) is 0 Å². The van der Waals surface area contributed by atoms with Gasteiger partial charge in [-0.2, -0.15) is 13.2 Å². The van der Waals surface area contributed by atoms with E-state index in [4.69, 9.17) is 17.3 Å². The van der Waals surface area contributed by atoms with Crippen LogP contribution in [0, 0.1) is 0 Å². The van der Waals surface area contributed by atoms with E-state index in [9.17, 15) is 13.2 Å². The molecule has 7 heteroatoms. The van der Waals surface area contributed by atoms with Gasteiger partial charge in [0.15, 0.2) is 0 Å². The van der Waals surface area contributed by atoms with Crippen LogP contribution in [0.4, 0.5) is 13.2 Å². The third-order valence-electron chi connectivity index (χ3n) is 3.46. The molecule has 0 bridgehead atoms. The lowest BCUT2D eigenvalue weighted by molar-refractivity contribution is -0.138. The minimum Gasteiger partial charge on any atom is -0.319 e. The maximum absolute atomic E-state index is 13.1. The van der Waals surface area contributed by atoms with Gasteiger partial charge in [0, 0.05) is 22.8 Å². The average Bonchev–Trinajstić information content (AvgIpc) is 2.52. The van der Waals surface area contributed by atoms with Crippen molar-refractivity contribution in [2.75, 3.05) is 0 Å². The summed E-state index contributed by atoms with van der Waals surface area (Å²) in [6.45, 7) is 0. The summed E-state index contributed by atoms with van der Waals surface area (Å²) in [5.74, 6) is 0. The van der Waals surface area contributed by atoms with Crippen molar-refractivity contribution in [3.63, 3.8) is 0 Å². The lowest BCUT2D eigenvalue weighted by Gasteiger charge is -2.17. The standard InChI is InChI=1S/C16H11ClF3N3/c17-11-3-4-13-9(7-11)6-10(8-23-13)14(21)15-12(16(18,19)20)2-1-5-22-15/h1-8,14H,21H2/t14-/m0/s1. The summed E-state index contributed by atoms with van der Waals surface area (Å²) in [6.07, 6.45) is -1.78. The molecule has 23 heavy (non-hydrogen) atoms. The van der Waals surface area contributed by atoms with E-state index < -0.39 is 17.8 Å². The number of pyridine rings is 2. The van der Waals surface area contributed by atoms with Crippen LogP contribution in [0.25, 0.3) is 10.9 Å². The Bertz CT molecular complexity index is 865. The van der Waals surface area contributed by atoms with Gasteiger partial charge in [-0.25, -0.2) is 0 Å². The van der Waals surface area contributed by atoms with Crippen LogP contribution in [0.5, 0.6) is 0 Å². The number of fused-ring (bicyclic) bond motifs is 1. The Labute approximate surface area is 134 Å². The Morgan fingerprint density at radius 1 is 1.09 bits per heavy atom. The molecule has 0 aliphatic carbocycles. The van der Waals surface area contributed by atoms with Crippen LogP contribution in [0.2, 0.25) is 5.02 Å². The number of rotatable bonds is 2. The summed E-state index contributed by atoms with van der Waals surface area (Å²) in [4.78, 5) is 8.03. The largest absolute Gasteiger partial charge is 0.418 e. The molecule has 118 valence electrons. The molecule has 0 spiro atoms. The monoisotopic (exact) mass is 337 g/mol. The number of hydrogen-bond donors (Lipinski definition) is 1. The van der Waals surface area contributed by atoms with Gasteiger partial charge in [0.1, 0.15) is 0 Å². The van der Waals surface area contributed by atoms with E-state index in [2.05, 4.69) is 9.97 Å². The SMILES string of the molecule is N[C@@H](c1cnc2ccc(Cl)cc2c1)c1ncccc1C(F)(F)F. The number of benzene rings is 1. The molecule has 3 aromatic rings. The minimum atomic E-state index is -4.52. The maximum atomic E-state index is 13.1. The van der Waals surface area contributed by atoms with E-state index in [1.807, 2.05) is 0 Å². The van der Waals surface area contributed by atoms with Crippen molar-refractivity contribution >= 4 is 22.5 Å². The first kappa shape index (κ1) is 15.7. The fourth-order valence-corrected chi connectivity index (χ4v) is 2.53. The first-order chi connectivity index (χ1) is 10.9. The van der Waals surface area contributed by atoms with Gasteiger partial charge in [-0.05, 0) is 42.0 Å². The summed E-state index contributed by atoms with van der Waals surface area (Å²) in [5, 5.41) is 1.22. The first-order valence-electron chi connectivity index (χ1n) is 6.69. The summed E-state index contributed by atoms with van der Waals surface area (Å²) < 4.78 is 39.3. The lowest BCUT2D eigenvalue weighted by Crippen LogP contribution is -2.20. The molecule has 0 unspecified atom stereocenters. The molecule has 0 saturated heterocycles. The predicted octanol–water partition coefficient (Wildman–Crippen LogP) is 4.35. The van der Waals surface area contributed by atoms with Gasteiger partial charge < -0.3 is 5.73 Å². The van der Waals surface area contributed by atoms with E-state index in [1.54, 1.807) is 24.3 Å². The normalized spacial score (nSPS) is 13.3. The van der Waals surface area contributed by atoms with Crippen LogP contribution in [0.15, 0.2) is 48.8 Å². The summed E-state index contributed by atoms with van der Waals surface area (Å²) in [5.41, 5.74) is 6.04. The van der Waals surface area contributed by atoms with Crippen molar-refractivity contribution < 1.29 is 13.2 Å². The molecule has 2 aromatic heterocycles. The zero-order valence-corrected chi connectivity index (χ0v) is 12.4. The molecule has 0 fully saturated rings. The number of nitrogens with two attached hydrogens (primary N) is 1. The van der Waals surface area contributed by atoms with E-state index in [1.165, 1.54) is 18.5 Å². The molecule has 0 aliphatic rings. The van der Waals surface area contributed by atoms with E-state index in [0.29, 0.717) is 21.5 Å². The molecule has 0 radical (unpaired) electrons. The van der Waals surface area contributed by atoms with Gasteiger partial charge in [0.25, 0.3) is 0 Å². The van der Waals surface area contributed by atoms with Crippen LogP contribution in [-0.2, 0) is 6.18 Å². The van der Waals surface area contributed by atoms with Crippen LogP contribution in [0.1, 0.15) is 22.9 Å². The zero-order chi connectivity index (χ0) is 16.6. The topological polar surface area (TPSA) is 51.8 Å². The van der Waals surface area contributed by atoms with E-state index in [0.717, 1.165) is 6.07 Å². The molecular formula is C16H11ClF3N3. The van der Waals surface area contributed by atoms with Crippen molar-refractivity contribution in [3.8, 4) is 0 Å². The number of nitrogens with zero attached hydrogens (tertiary/aromatic N) is 2. The van der Waals surface area contributed by atoms with E-state index >= 15 is 0 Å². The highest BCUT2D eigenvalue weighted by atomic mass is 35.5. The first-order valence-corrected chi connectivity index (χ1v) is 7.07. The highest BCUT2D eigenvalue weighted by Crippen LogP contribution is 2.34.